The zero-order valence-corrected chi connectivity index (χ0v) is 10.3. The van der Waals surface area contributed by atoms with E-state index in [9.17, 15) is 4.79 Å². The maximum Gasteiger partial charge on any atom is 0.252 e. The molecule has 1 saturated carbocycles. The smallest absolute Gasteiger partial charge is 0.252 e. The van der Waals surface area contributed by atoms with E-state index in [4.69, 9.17) is 0 Å². The lowest BCUT2D eigenvalue weighted by molar-refractivity contribution is -0.118. The topological polar surface area (TPSA) is 41.1 Å². The summed E-state index contributed by atoms with van der Waals surface area (Å²) < 4.78 is 0. The zero-order valence-electron chi connectivity index (χ0n) is 10.3. The summed E-state index contributed by atoms with van der Waals surface area (Å²) in [6, 6.07) is 0.334. The van der Waals surface area contributed by atoms with Gasteiger partial charge in [0.15, 0.2) is 0 Å². The maximum atomic E-state index is 12.3. The second-order valence-corrected chi connectivity index (χ2v) is 5.40. The van der Waals surface area contributed by atoms with Crippen molar-refractivity contribution < 1.29 is 4.79 Å². The molecule has 1 saturated heterocycles. The molecule has 0 unspecified atom stereocenters. The second kappa shape index (κ2) is 3.69. The number of allylic oxidation sites excluding steroid dienone is 6. The normalized spacial score (nSPS) is 25.2. The highest BCUT2D eigenvalue weighted by Crippen LogP contribution is 2.51. The van der Waals surface area contributed by atoms with Crippen molar-refractivity contribution in [2.45, 2.75) is 25.3 Å². The van der Waals surface area contributed by atoms with Gasteiger partial charge in [0.2, 0.25) is 0 Å². The molecular weight excluding hydrogens is 224 g/mol. The van der Waals surface area contributed by atoms with Crippen molar-refractivity contribution in [1.82, 2.24) is 10.6 Å². The predicted molar refractivity (Wildman–Crippen MR) is 69.9 cm³/mol. The van der Waals surface area contributed by atoms with Crippen molar-refractivity contribution in [3.63, 3.8) is 0 Å². The molecule has 0 aromatic heterocycles. The summed E-state index contributed by atoms with van der Waals surface area (Å²) in [5.41, 5.74) is 6.18. The Bertz CT molecular complexity index is 557. The van der Waals surface area contributed by atoms with Crippen LogP contribution in [0.1, 0.15) is 19.3 Å². The van der Waals surface area contributed by atoms with Gasteiger partial charge in [0, 0.05) is 11.6 Å². The van der Waals surface area contributed by atoms with E-state index in [2.05, 4.69) is 22.8 Å². The fraction of sp³-hybridized carbons (Fsp3) is 0.400. The number of fused-ring (bicyclic) bond motifs is 2. The molecule has 3 heteroatoms. The molecule has 92 valence electrons. The Morgan fingerprint density at radius 3 is 2.89 bits per heavy atom. The van der Waals surface area contributed by atoms with Crippen molar-refractivity contribution in [2.75, 3.05) is 13.1 Å². The number of rotatable bonds is 2. The monoisotopic (exact) mass is 240 g/mol. The molecule has 4 rings (SSSR count). The molecule has 3 nitrogen and oxygen atoms in total. The average Bonchev–Trinajstić information content (AvgIpc) is 2.86. The summed E-state index contributed by atoms with van der Waals surface area (Å²) in [5.74, 6) is 0.0990. The van der Waals surface area contributed by atoms with Gasteiger partial charge in [-0.2, -0.15) is 0 Å². The third-order valence-electron chi connectivity index (χ3n) is 4.19. The van der Waals surface area contributed by atoms with E-state index >= 15 is 0 Å². The van der Waals surface area contributed by atoms with E-state index in [0.29, 0.717) is 6.04 Å². The molecule has 3 aliphatic carbocycles. The van der Waals surface area contributed by atoms with Gasteiger partial charge in [0.05, 0.1) is 0 Å². The maximum absolute atomic E-state index is 12.3. The molecule has 4 aliphatic rings. The van der Waals surface area contributed by atoms with Crippen LogP contribution in [0.2, 0.25) is 0 Å². The number of amides is 1. The number of hydrogen-bond donors (Lipinski definition) is 2. The largest absolute Gasteiger partial charge is 0.349 e. The Kier molecular flexibility index (Phi) is 2.12. The van der Waals surface area contributed by atoms with Gasteiger partial charge >= 0.3 is 0 Å². The fourth-order valence-electron chi connectivity index (χ4n) is 3.06. The van der Waals surface area contributed by atoms with E-state index in [0.717, 1.165) is 43.5 Å². The van der Waals surface area contributed by atoms with Crippen LogP contribution < -0.4 is 10.6 Å². The van der Waals surface area contributed by atoms with Gasteiger partial charge in [-0.15, -0.1) is 0 Å². The number of carbonyl (C=O) groups is 1. The minimum atomic E-state index is 0.0990. The van der Waals surface area contributed by atoms with Gasteiger partial charge in [-0.1, -0.05) is 6.08 Å². The van der Waals surface area contributed by atoms with Gasteiger partial charge in [0.1, 0.15) is 0 Å². The molecule has 1 aliphatic heterocycles. The summed E-state index contributed by atoms with van der Waals surface area (Å²) in [6.45, 7) is 2.01. The van der Waals surface area contributed by atoms with Gasteiger partial charge in [-0.05, 0) is 66.8 Å². The lowest BCUT2D eigenvalue weighted by atomic mass is 10.0. The molecule has 18 heavy (non-hydrogen) atoms. The van der Waals surface area contributed by atoms with Gasteiger partial charge in [-0.3, -0.25) is 4.79 Å². The van der Waals surface area contributed by atoms with Gasteiger partial charge in [-0.25, -0.2) is 0 Å². The van der Waals surface area contributed by atoms with Gasteiger partial charge < -0.3 is 10.6 Å². The molecule has 0 bridgehead atoms. The third kappa shape index (κ3) is 1.51. The van der Waals surface area contributed by atoms with Crippen molar-refractivity contribution in [2.24, 2.45) is 0 Å². The summed E-state index contributed by atoms with van der Waals surface area (Å²) in [5, 5.41) is 6.48. The average molecular weight is 240 g/mol. The van der Waals surface area contributed by atoms with Crippen LogP contribution in [-0.4, -0.2) is 25.0 Å². The summed E-state index contributed by atoms with van der Waals surface area (Å²) >= 11 is 0. The van der Waals surface area contributed by atoms with Crippen LogP contribution in [0.15, 0.2) is 46.1 Å². The standard InChI is InChI=1S/C15H16N2O/c18-15(17-10-3-5-16-6-4-10)12-2-1-11-13-7-9(13)8-14(11)12/h1-2,8,10,16H,3-7H2,(H,17,18). The van der Waals surface area contributed by atoms with Crippen LogP contribution in [0, 0.1) is 0 Å². The Hall–Kier alpha value is -1.61. The molecule has 1 amide bonds. The van der Waals surface area contributed by atoms with E-state index < -0.39 is 0 Å². The van der Waals surface area contributed by atoms with Crippen LogP contribution >= 0.6 is 0 Å². The molecule has 2 fully saturated rings. The van der Waals surface area contributed by atoms with Crippen LogP contribution in [0.3, 0.4) is 0 Å². The highest BCUT2D eigenvalue weighted by molar-refractivity contribution is 6.01. The Labute approximate surface area is 106 Å². The highest BCUT2D eigenvalue weighted by Gasteiger charge is 2.35. The molecule has 1 heterocycles. The number of piperidine rings is 1. The van der Waals surface area contributed by atoms with Crippen LogP contribution in [0.25, 0.3) is 0 Å². The minimum Gasteiger partial charge on any atom is -0.349 e. The molecule has 2 N–H and O–H groups in total. The molecule has 0 radical (unpaired) electrons. The quantitative estimate of drug-likeness (QED) is 0.765. The van der Waals surface area contributed by atoms with E-state index in [1.807, 2.05) is 6.08 Å². The summed E-state index contributed by atoms with van der Waals surface area (Å²) in [6.07, 6.45) is 9.45. The molecule has 0 atom stereocenters. The fourth-order valence-corrected chi connectivity index (χ4v) is 3.06. The molecule has 0 aromatic carbocycles. The summed E-state index contributed by atoms with van der Waals surface area (Å²) in [7, 11) is 0. The lowest BCUT2D eigenvalue weighted by Crippen LogP contribution is -2.43. The zero-order chi connectivity index (χ0) is 12.1. The first-order valence-corrected chi connectivity index (χ1v) is 6.71. The van der Waals surface area contributed by atoms with Crippen molar-refractivity contribution >= 4 is 5.91 Å². The first-order chi connectivity index (χ1) is 8.83. The van der Waals surface area contributed by atoms with Crippen molar-refractivity contribution in [1.29, 1.82) is 0 Å². The van der Waals surface area contributed by atoms with E-state index in [1.165, 1.54) is 16.7 Å². The van der Waals surface area contributed by atoms with Crippen molar-refractivity contribution in [3.05, 3.63) is 46.1 Å². The van der Waals surface area contributed by atoms with Crippen molar-refractivity contribution in [3.8, 4) is 0 Å². The molecule has 0 aromatic rings. The Balaban J connectivity index is 1.53. The van der Waals surface area contributed by atoms with Gasteiger partial charge in [0.25, 0.3) is 5.91 Å². The third-order valence-corrected chi connectivity index (χ3v) is 4.19. The number of carbonyl (C=O) groups excluding carboxylic acids is 1. The SMILES string of the molecule is O=C(NC1CCNCC1)C1=C2C=C3CC3=C2C=C1. The Morgan fingerprint density at radius 2 is 2.06 bits per heavy atom. The predicted octanol–water partition coefficient (Wildman–Crippen LogP) is 1.36. The number of nitrogens with one attached hydrogen (secondary N) is 2. The highest BCUT2D eigenvalue weighted by atomic mass is 16.1. The second-order valence-electron chi connectivity index (χ2n) is 5.40. The lowest BCUT2D eigenvalue weighted by Gasteiger charge is -2.23. The number of hydrogen-bond acceptors (Lipinski definition) is 2. The van der Waals surface area contributed by atoms with E-state index in [1.54, 1.807) is 0 Å². The van der Waals surface area contributed by atoms with Crippen LogP contribution in [0.4, 0.5) is 0 Å². The Morgan fingerprint density at radius 1 is 1.22 bits per heavy atom. The van der Waals surface area contributed by atoms with E-state index in [-0.39, 0.29) is 5.91 Å². The first kappa shape index (κ1) is 10.3. The van der Waals surface area contributed by atoms with Crippen LogP contribution in [0.5, 0.6) is 0 Å². The first-order valence-electron chi connectivity index (χ1n) is 6.71. The molecule has 0 spiro atoms. The summed E-state index contributed by atoms with van der Waals surface area (Å²) in [4.78, 5) is 12.3. The molecular formula is C15H16N2O. The van der Waals surface area contributed by atoms with Crippen LogP contribution in [-0.2, 0) is 4.79 Å². The minimum absolute atomic E-state index is 0.0990.